The number of ether oxygens (including phenoxy) is 1. The van der Waals surface area contributed by atoms with Crippen molar-refractivity contribution in [2.45, 2.75) is 49.3 Å². The molecule has 30 heavy (non-hydrogen) atoms. The number of halogens is 3. The smallest absolute Gasteiger partial charge is 0.373 e. The molecule has 0 radical (unpaired) electrons. The lowest BCUT2D eigenvalue weighted by Crippen LogP contribution is -2.57. The Bertz CT molecular complexity index is 841. The van der Waals surface area contributed by atoms with Crippen LogP contribution in [0.15, 0.2) is 36.4 Å². The average molecular weight is 420 g/mol. The second kappa shape index (κ2) is 7.01. The summed E-state index contributed by atoms with van der Waals surface area (Å²) in [6.45, 7) is 7.31. The largest absolute Gasteiger partial charge is 0.398 e. The molecule has 0 N–H and O–H groups in total. The maximum absolute atomic E-state index is 13.3. The van der Waals surface area contributed by atoms with E-state index in [1.165, 1.54) is 0 Å². The Morgan fingerprint density at radius 2 is 1.80 bits per heavy atom. The van der Waals surface area contributed by atoms with Gasteiger partial charge in [0.15, 0.2) is 0 Å². The van der Waals surface area contributed by atoms with Crippen LogP contribution in [0.1, 0.15) is 42.7 Å². The number of hydrogen-bond donors (Lipinski definition) is 0. The van der Waals surface area contributed by atoms with E-state index in [4.69, 9.17) is 4.74 Å². The number of amides is 2. The molecule has 0 unspecified atom stereocenters. The van der Waals surface area contributed by atoms with Crippen molar-refractivity contribution in [3.05, 3.63) is 47.5 Å². The predicted molar refractivity (Wildman–Crippen MR) is 106 cm³/mol. The Balaban J connectivity index is 1.17. The van der Waals surface area contributed by atoms with E-state index in [0.29, 0.717) is 44.3 Å². The van der Waals surface area contributed by atoms with E-state index in [9.17, 15) is 18.0 Å². The van der Waals surface area contributed by atoms with Crippen LogP contribution in [0.3, 0.4) is 0 Å². The summed E-state index contributed by atoms with van der Waals surface area (Å²) in [4.78, 5) is 16.6. The van der Waals surface area contributed by atoms with Crippen molar-refractivity contribution in [1.82, 2.24) is 9.80 Å². The summed E-state index contributed by atoms with van der Waals surface area (Å²) >= 11 is 0. The van der Waals surface area contributed by atoms with Crippen LogP contribution < -0.4 is 0 Å². The molecule has 0 bridgehead atoms. The zero-order valence-corrected chi connectivity index (χ0v) is 17.0. The second-order valence-corrected chi connectivity index (χ2v) is 9.38. The molecule has 1 saturated carbocycles. The minimum atomic E-state index is -4.18. The first-order valence-electron chi connectivity index (χ1n) is 10.8. The molecule has 4 aliphatic rings. The molecular formula is C23H27F3N2O2. The first-order chi connectivity index (χ1) is 14.3. The fraction of sp³-hybridized carbons (Fsp3) is 0.609. The number of likely N-dealkylation sites (tertiary alicyclic amines) is 2. The van der Waals surface area contributed by atoms with Crippen LogP contribution in [0.5, 0.6) is 0 Å². The van der Waals surface area contributed by atoms with Crippen LogP contribution in [-0.2, 0) is 10.2 Å². The standard InChI is InChI=1S/C23H27F3N2O2/c1-15-10-17-11-27(9-6-20(17)30-14-15)21(29)28-12-18(13-28)16-2-4-19(5-3-16)22(7-8-22)23(24,25)26/h2-5,17-18,20H,1,6-14H2/t17-,20-/m1/s1. The second-order valence-electron chi connectivity index (χ2n) is 9.38. The molecule has 1 aromatic rings. The van der Waals surface area contributed by atoms with E-state index < -0.39 is 11.6 Å². The third-order valence-corrected chi connectivity index (χ3v) is 7.37. The normalized spacial score (nSPS) is 28.7. The lowest BCUT2D eigenvalue weighted by atomic mass is 9.86. The fourth-order valence-electron chi connectivity index (χ4n) is 5.24. The van der Waals surface area contributed by atoms with Crippen LogP contribution in [0.2, 0.25) is 0 Å². The van der Waals surface area contributed by atoms with Crippen LogP contribution in [0.25, 0.3) is 0 Å². The van der Waals surface area contributed by atoms with E-state index in [1.54, 1.807) is 12.1 Å². The number of fused-ring (bicyclic) bond motifs is 1. The van der Waals surface area contributed by atoms with Gasteiger partial charge in [-0.25, -0.2) is 4.79 Å². The molecule has 0 spiro atoms. The number of carbonyl (C=O) groups excluding carboxylic acids is 1. The molecule has 2 amide bonds. The molecule has 2 atom stereocenters. The van der Waals surface area contributed by atoms with Gasteiger partial charge in [0.25, 0.3) is 0 Å². The minimum absolute atomic E-state index is 0.0616. The summed E-state index contributed by atoms with van der Waals surface area (Å²) in [6, 6.07) is 6.93. The van der Waals surface area contributed by atoms with Crippen molar-refractivity contribution in [2.75, 3.05) is 32.8 Å². The number of carbonyl (C=O) groups is 1. The maximum Gasteiger partial charge on any atom is 0.398 e. The Morgan fingerprint density at radius 1 is 1.10 bits per heavy atom. The van der Waals surface area contributed by atoms with Crippen molar-refractivity contribution >= 4 is 6.03 Å². The lowest BCUT2D eigenvalue weighted by molar-refractivity contribution is -0.160. The third-order valence-electron chi connectivity index (χ3n) is 7.37. The van der Waals surface area contributed by atoms with Gasteiger partial charge in [-0.3, -0.25) is 0 Å². The van der Waals surface area contributed by atoms with E-state index in [1.807, 2.05) is 21.9 Å². The van der Waals surface area contributed by atoms with Gasteiger partial charge >= 0.3 is 12.2 Å². The minimum Gasteiger partial charge on any atom is -0.373 e. The lowest BCUT2D eigenvalue weighted by Gasteiger charge is -2.46. The molecule has 162 valence electrons. The van der Waals surface area contributed by atoms with Gasteiger partial charge < -0.3 is 14.5 Å². The molecule has 4 nitrogen and oxygen atoms in total. The topological polar surface area (TPSA) is 32.8 Å². The zero-order chi connectivity index (χ0) is 21.1. The molecule has 3 saturated heterocycles. The zero-order valence-electron chi connectivity index (χ0n) is 17.0. The summed E-state index contributed by atoms with van der Waals surface area (Å²) in [5, 5.41) is 0. The van der Waals surface area contributed by atoms with Crippen LogP contribution in [-0.4, -0.2) is 60.9 Å². The molecule has 1 aliphatic carbocycles. The van der Waals surface area contributed by atoms with Gasteiger partial charge in [0.05, 0.1) is 18.1 Å². The van der Waals surface area contributed by atoms with Gasteiger partial charge in [0.1, 0.15) is 0 Å². The molecule has 3 heterocycles. The van der Waals surface area contributed by atoms with Crippen molar-refractivity contribution in [1.29, 1.82) is 0 Å². The van der Waals surface area contributed by atoms with Crippen LogP contribution in [0, 0.1) is 5.92 Å². The molecule has 3 aliphatic heterocycles. The Morgan fingerprint density at radius 3 is 2.43 bits per heavy atom. The Hall–Kier alpha value is -2.02. The highest BCUT2D eigenvalue weighted by atomic mass is 19.4. The van der Waals surface area contributed by atoms with Crippen molar-refractivity contribution in [3.8, 4) is 0 Å². The number of piperidine rings is 1. The van der Waals surface area contributed by atoms with E-state index in [-0.39, 0.29) is 30.9 Å². The number of hydrogen-bond acceptors (Lipinski definition) is 2. The van der Waals surface area contributed by atoms with Gasteiger partial charge in [-0.1, -0.05) is 36.4 Å². The first kappa shape index (κ1) is 19.9. The molecule has 0 aromatic heterocycles. The molecule has 7 heteroatoms. The molecular weight excluding hydrogens is 393 g/mol. The van der Waals surface area contributed by atoms with Crippen molar-refractivity contribution in [3.63, 3.8) is 0 Å². The fourth-order valence-corrected chi connectivity index (χ4v) is 5.24. The van der Waals surface area contributed by atoms with Gasteiger partial charge in [0, 0.05) is 38.0 Å². The SMILES string of the molecule is C=C1CO[C@@H]2CCN(C(=O)N3CC(c4ccc(C5(C(F)(F)F)CC5)cc4)C3)C[C@H]2C1. The van der Waals surface area contributed by atoms with E-state index in [0.717, 1.165) is 24.0 Å². The number of benzene rings is 1. The van der Waals surface area contributed by atoms with Gasteiger partial charge in [-0.15, -0.1) is 0 Å². The molecule has 4 fully saturated rings. The summed E-state index contributed by atoms with van der Waals surface area (Å²) in [7, 11) is 0. The van der Waals surface area contributed by atoms with Crippen molar-refractivity contribution < 1.29 is 22.7 Å². The van der Waals surface area contributed by atoms with E-state index >= 15 is 0 Å². The highest BCUT2D eigenvalue weighted by Crippen LogP contribution is 2.58. The number of rotatable bonds is 2. The number of alkyl halides is 3. The highest BCUT2D eigenvalue weighted by Gasteiger charge is 2.64. The van der Waals surface area contributed by atoms with Crippen LogP contribution in [0.4, 0.5) is 18.0 Å². The average Bonchev–Trinajstić information content (AvgIpc) is 3.49. The number of urea groups is 1. The maximum atomic E-state index is 13.3. The molecule has 5 rings (SSSR count). The predicted octanol–water partition coefficient (Wildman–Crippen LogP) is 4.47. The Labute approximate surface area is 174 Å². The first-order valence-corrected chi connectivity index (χ1v) is 10.8. The van der Waals surface area contributed by atoms with E-state index in [2.05, 4.69) is 6.58 Å². The monoisotopic (exact) mass is 420 g/mol. The van der Waals surface area contributed by atoms with Gasteiger partial charge in [0.2, 0.25) is 0 Å². The van der Waals surface area contributed by atoms with Gasteiger partial charge in [-0.2, -0.15) is 13.2 Å². The van der Waals surface area contributed by atoms with Crippen molar-refractivity contribution in [2.24, 2.45) is 5.92 Å². The summed E-state index contributed by atoms with van der Waals surface area (Å²) < 4.78 is 45.7. The summed E-state index contributed by atoms with van der Waals surface area (Å²) in [5.74, 6) is 0.524. The highest BCUT2D eigenvalue weighted by molar-refractivity contribution is 5.76. The quantitative estimate of drug-likeness (QED) is 0.662. The third kappa shape index (κ3) is 3.31. The van der Waals surface area contributed by atoms with Crippen LogP contribution >= 0.6 is 0 Å². The van der Waals surface area contributed by atoms with Gasteiger partial charge in [-0.05, 0) is 36.8 Å². The Kier molecular flexibility index (Phi) is 4.65. The summed E-state index contributed by atoms with van der Waals surface area (Å²) in [6.07, 6.45) is -1.81. The number of nitrogens with zero attached hydrogens (tertiary/aromatic N) is 2. The summed E-state index contributed by atoms with van der Waals surface area (Å²) in [5.41, 5.74) is 0.839. The molecule has 1 aromatic carbocycles.